The number of nitrogens with one attached hydrogen (secondary N) is 3. The van der Waals surface area contributed by atoms with Gasteiger partial charge in [0.1, 0.15) is 5.82 Å². The first-order valence-electron chi connectivity index (χ1n) is 5.96. The molecule has 6 nitrogen and oxygen atoms in total. The van der Waals surface area contributed by atoms with Crippen molar-refractivity contribution in [1.29, 1.82) is 0 Å². The van der Waals surface area contributed by atoms with Crippen molar-refractivity contribution in [2.24, 2.45) is 0 Å². The maximum absolute atomic E-state index is 11.6. The van der Waals surface area contributed by atoms with Gasteiger partial charge in [-0.2, -0.15) is 0 Å². The molecule has 0 aliphatic rings. The van der Waals surface area contributed by atoms with Crippen molar-refractivity contribution in [3.63, 3.8) is 0 Å². The van der Waals surface area contributed by atoms with Gasteiger partial charge in [0.05, 0.1) is 18.7 Å². The van der Waals surface area contributed by atoms with Crippen LogP contribution in [-0.2, 0) is 4.79 Å². The maximum Gasteiger partial charge on any atom is 0.253 e. The van der Waals surface area contributed by atoms with Gasteiger partial charge < -0.3 is 16.0 Å². The number of nitrogens with zero attached hydrogens (tertiary/aromatic N) is 1. The Morgan fingerprint density at radius 1 is 1.40 bits per heavy atom. The quantitative estimate of drug-likeness (QED) is 0.488. The number of hydrogen-bond donors (Lipinski definition) is 3. The normalized spacial score (nSPS) is 9.15. The molecule has 0 atom stereocenters. The third-order valence-electron chi connectivity index (χ3n) is 2.25. The van der Waals surface area contributed by atoms with Crippen LogP contribution in [0.2, 0.25) is 0 Å². The number of aromatic nitrogens is 1. The molecule has 6 heteroatoms. The van der Waals surface area contributed by atoms with Gasteiger partial charge in [0, 0.05) is 12.7 Å². The summed E-state index contributed by atoms with van der Waals surface area (Å²) in [5, 5.41) is 7.98. The van der Waals surface area contributed by atoms with E-state index >= 15 is 0 Å². The SMILES string of the molecule is C#CCNC(=O)CNc1ccc(C(=O)NCC=C)cn1. The van der Waals surface area contributed by atoms with Crippen LogP contribution in [0, 0.1) is 12.3 Å². The Bertz CT molecular complexity index is 517. The lowest BCUT2D eigenvalue weighted by atomic mass is 10.2. The number of carbonyl (C=O) groups excluding carboxylic acids is 2. The Kier molecular flexibility index (Phi) is 6.34. The first-order valence-corrected chi connectivity index (χ1v) is 5.96. The minimum atomic E-state index is -0.226. The summed E-state index contributed by atoms with van der Waals surface area (Å²) in [6.45, 7) is 4.17. The van der Waals surface area contributed by atoms with E-state index in [0.717, 1.165) is 0 Å². The van der Waals surface area contributed by atoms with E-state index in [1.165, 1.54) is 6.20 Å². The number of terminal acetylenes is 1. The number of hydrogen-bond acceptors (Lipinski definition) is 4. The zero-order chi connectivity index (χ0) is 14.8. The van der Waals surface area contributed by atoms with Crippen LogP contribution in [0.5, 0.6) is 0 Å². The number of carbonyl (C=O) groups is 2. The van der Waals surface area contributed by atoms with Gasteiger partial charge in [0.25, 0.3) is 5.91 Å². The minimum Gasteiger partial charge on any atom is -0.361 e. The van der Waals surface area contributed by atoms with E-state index in [2.05, 4.69) is 33.4 Å². The van der Waals surface area contributed by atoms with Gasteiger partial charge in [0.2, 0.25) is 5.91 Å². The van der Waals surface area contributed by atoms with E-state index in [9.17, 15) is 9.59 Å². The highest BCUT2D eigenvalue weighted by Gasteiger charge is 2.05. The Morgan fingerprint density at radius 2 is 2.20 bits per heavy atom. The Balaban J connectivity index is 2.46. The van der Waals surface area contributed by atoms with Gasteiger partial charge in [-0.05, 0) is 12.1 Å². The third-order valence-corrected chi connectivity index (χ3v) is 2.25. The van der Waals surface area contributed by atoms with Crippen LogP contribution in [0.3, 0.4) is 0 Å². The molecule has 0 radical (unpaired) electrons. The highest BCUT2D eigenvalue weighted by molar-refractivity contribution is 5.94. The summed E-state index contributed by atoms with van der Waals surface area (Å²) in [6, 6.07) is 3.24. The topological polar surface area (TPSA) is 83.1 Å². The van der Waals surface area contributed by atoms with Crippen LogP contribution in [0.15, 0.2) is 31.0 Å². The summed E-state index contributed by atoms with van der Waals surface area (Å²) >= 11 is 0. The van der Waals surface area contributed by atoms with Crippen molar-refractivity contribution in [1.82, 2.24) is 15.6 Å². The Hall–Kier alpha value is -2.81. The van der Waals surface area contributed by atoms with E-state index in [1.807, 2.05) is 0 Å². The zero-order valence-electron chi connectivity index (χ0n) is 11.0. The second kappa shape index (κ2) is 8.32. The summed E-state index contributed by atoms with van der Waals surface area (Å²) < 4.78 is 0. The standard InChI is InChI=1S/C14H16N4O2/c1-3-7-15-13(19)10-18-12-6-5-11(9-17-12)14(20)16-8-4-2/h1,4-6,9H,2,7-8,10H2,(H,15,19)(H,16,20)(H,17,18). The molecule has 3 N–H and O–H groups in total. The molecule has 0 saturated heterocycles. The van der Waals surface area contributed by atoms with Crippen molar-refractivity contribution in [2.45, 2.75) is 0 Å². The van der Waals surface area contributed by atoms with Gasteiger partial charge in [-0.15, -0.1) is 13.0 Å². The molecule has 1 heterocycles. The molecule has 1 aromatic heterocycles. The molecule has 0 spiro atoms. The van der Waals surface area contributed by atoms with E-state index in [4.69, 9.17) is 6.42 Å². The summed E-state index contributed by atoms with van der Waals surface area (Å²) in [6.07, 6.45) is 8.05. The largest absolute Gasteiger partial charge is 0.361 e. The summed E-state index contributed by atoms with van der Waals surface area (Å²) in [5.74, 6) is 2.36. The second-order valence-electron chi connectivity index (χ2n) is 3.77. The predicted octanol–water partition coefficient (Wildman–Crippen LogP) is 0.159. The highest BCUT2D eigenvalue weighted by Crippen LogP contribution is 2.04. The van der Waals surface area contributed by atoms with Gasteiger partial charge in [-0.3, -0.25) is 9.59 Å². The Labute approximate surface area is 117 Å². The smallest absolute Gasteiger partial charge is 0.253 e. The van der Waals surface area contributed by atoms with Gasteiger partial charge >= 0.3 is 0 Å². The molecule has 0 aromatic carbocycles. The summed E-state index contributed by atoms with van der Waals surface area (Å²) in [5.41, 5.74) is 0.439. The monoisotopic (exact) mass is 272 g/mol. The molecule has 1 aromatic rings. The van der Waals surface area contributed by atoms with Crippen LogP contribution >= 0.6 is 0 Å². The first kappa shape index (κ1) is 15.2. The van der Waals surface area contributed by atoms with Gasteiger partial charge in [0.15, 0.2) is 0 Å². The maximum atomic E-state index is 11.6. The van der Waals surface area contributed by atoms with Gasteiger partial charge in [-0.25, -0.2) is 4.98 Å². The molecule has 20 heavy (non-hydrogen) atoms. The molecule has 0 bridgehead atoms. The molecule has 2 amide bonds. The molecular formula is C14H16N4O2. The zero-order valence-corrected chi connectivity index (χ0v) is 11.0. The molecule has 0 aliphatic heterocycles. The van der Waals surface area contributed by atoms with Crippen LogP contribution in [-0.4, -0.2) is 36.4 Å². The van der Waals surface area contributed by atoms with Crippen molar-refractivity contribution in [3.8, 4) is 12.3 Å². The highest BCUT2D eigenvalue weighted by atomic mass is 16.2. The van der Waals surface area contributed by atoms with Crippen molar-refractivity contribution in [2.75, 3.05) is 25.0 Å². The van der Waals surface area contributed by atoms with Crippen molar-refractivity contribution >= 4 is 17.6 Å². The molecule has 104 valence electrons. The van der Waals surface area contributed by atoms with Crippen LogP contribution < -0.4 is 16.0 Å². The van der Waals surface area contributed by atoms with E-state index in [-0.39, 0.29) is 24.9 Å². The average Bonchev–Trinajstić information content (AvgIpc) is 2.49. The van der Waals surface area contributed by atoms with Crippen LogP contribution in [0.1, 0.15) is 10.4 Å². The minimum absolute atomic E-state index is 0.0662. The third kappa shape index (κ3) is 5.23. The van der Waals surface area contributed by atoms with Crippen LogP contribution in [0.4, 0.5) is 5.82 Å². The van der Waals surface area contributed by atoms with Crippen molar-refractivity contribution in [3.05, 3.63) is 36.5 Å². The number of anilines is 1. The lowest BCUT2D eigenvalue weighted by Gasteiger charge is -2.06. The molecule has 0 fully saturated rings. The number of amides is 2. The first-order chi connectivity index (χ1) is 9.67. The fourth-order valence-electron chi connectivity index (χ4n) is 1.28. The molecule has 1 rings (SSSR count). The Morgan fingerprint density at radius 3 is 2.80 bits per heavy atom. The van der Waals surface area contributed by atoms with Crippen molar-refractivity contribution < 1.29 is 9.59 Å². The average molecular weight is 272 g/mol. The molecule has 0 unspecified atom stereocenters. The molecule has 0 saturated carbocycles. The van der Waals surface area contributed by atoms with Gasteiger partial charge in [-0.1, -0.05) is 12.0 Å². The predicted molar refractivity (Wildman–Crippen MR) is 77.1 cm³/mol. The molecule has 0 aliphatic carbocycles. The second-order valence-corrected chi connectivity index (χ2v) is 3.77. The number of pyridine rings is 1. The summed E-state index contributed by atoms with van der Waals surface area (Å²) in [7, 11) is 0. The van der Waals surface area contributed by atoms with Crippen LogP contribution in [0.25, 0.3) is 0 Å². The fraction of sp³-hybridized carbons (Fsp3) is 0.214. The fourth-order valence-corrected chi connectivity index (χ4v) is 1.28. The summed E-state index contributed by atoms with van der Waals surface area (Å²) in [4.78, 5) is 26.9. The van der Waals surface area contributed by atoms with E-state index in [1.54, 1.807) is 18.2 Å². The number of rotatable bonds is 7. The van der Waals surface area contributed by atoms with E-state index in [0.29, 0.717) is 17.9 Å². The molecular weight excluding hydrogens is 256 g/mol. The lowest BCUT2D eigenvalue weighted by Crippen LogP contribution is -2.30. The lowest BCUT2D eigenvalue weighted by molar-refractivity contribution is -0.119. The van der Waals surface area contributed by atoms with E-state index < -0.39 is 0 Å².